The molecule has 0 aliphatic heterocycles. The molecule has 0 saturated heterocycles. The summed E-state index contributed by atoms with van der Waals surface area (Å²) in [6.45, 7) is 0. The third-order valence-electron chi connectivity index (χ3n) is 8.53. The number of nitrogens with zero attached hydrogens (tertiary/aromatic N) is 4. The summed E-state index contributed by atoms with van der Waals surface area (Å²) in [5.74, 6) is 0.600. The number of hydrogen-bond donors (Lipinski definition) is 0. The lowest BCUT2D eigenvalue weighted by Gasteiger charge is -2.10. The van der Waals surface area contributed by atoms with E-state index in [1.54, 1.807) is 28.8 Å². The van der Waals surface area contributed by atoms with Crippen molar-refractivity contribution in [3.8, 4) is 62.1 Å². The predicted molar refractivity (Wildman–Crippen MR) is 201 cm³/mol. The van der Waals surface area contributed by atoms with Gasteiger partial charge in [0.05, 0.1) is 20.6 Å². The minimum absolute atomic E-state index is 0.00359. The molecule has 4 heteroatoms. The van der Waals surface area contributed by atoms with Gasteiger partial charge < -0.3 is 4.57 Å². The topological polar surface area (TPSA) is 43.6 Å². The van der Waals surface area contributed by atoms with Gasteiger partial charge in [0.1, 0.15) is 0 Å². The largest absolute Gasteiger partial charge is 0.309 e. The molecule has 0 bridgehead atoms. The molecule has 0 atom stereocenters. The van der Waals surface area contributed by atoms with Crippen molar-refractivity contribution in [1.82, 2.24) is 19.5 Å². The molecule has 9 aromatic rings. The molecule has 49 heavy (non-hydrogen) atoms. The molecule has 0 unspecified atom stereocenters. The lowest BCUT2D eigenvalue weighted by atomic mass is 10.0. The lowest BCUT2D eigenvalue weighted by Crippen LogP contribution is -2.00. The van der Waals surface area contributed by atoms with Crippen molar-refractivity contribution in [2.45, 2.75) is 0 Å². The zero-order chi connectivity index (χ0) is 38.7. The maximum Gasteiger partial charge on any atom is 0.164 e. The number of aromatic nitrogens is 4. The molecule has 0 fully saturated rings. The summed E-state index contributed by atoms with van der Waals surface area (Å²) in [5, 5.41) is 0.187. The zero-order valence-corrected chi connectivity index (χ0v) is 26.1. The van der Waals surface area contributed by atoms with Crippen LogP contribution in [0.25, 0.3) is 83.9 Å². The SMILES string of the molecule is [2H]c1c([2H])c([2H])c2c(c1[2H])c1c([2H])c(-c3nc(-c4ccc(-c5ccccc5)cc4)nc(-c4ccc(-c5ccccc5)cc4)n3)c([2H])c([2H])c1n2-c1ccccc1. The average Bonchev–Trinajstić information content (AvgIpc) is 3.62. The summed E-state index contributed by atoms with van der Waals surface area (Å²) in [7, 11) is 0. The maximum absolute atomic E-state index is 9.69. The zero-order valence-electron chi connectivity index (χ0n) is 33.1. The van der Waals surface area contributed by atoms with Gasteiger partial charge in [0.15, 0.2) is 17.5 Å². The van der Waals surface area contributed by atoms with Gasteiger partial charge >= 0.3 is 0 Å². The van der Waals surface area contributed by atoms with Crippen LogP contribution in [0, 0.1) is 0 Å². The minimum atomic E-state index is -0.459. The number of para-hydroxylation sites is 2. The second-order valence-electron chi connectivity index (χ2n) is 11.6. The van der Waals surface area contributed by atoms with Crippen LogP contribution in [0.2, 0.25) is 0 Å². The van der Waals surface area contributed by atoms with Crippen molar-refractivity contribution < 1.29 is 9.60 Å². The first-order valence-corrected chi connectivity index (χ1v) is 15.9. The van der Waals surface area contributed by atoms with E-state index in [9.17, 15) is 4.11 Å². The number of rotatable bonds is 6. The third-order valence-corrected chi connectivity index (χ3v) is 8.53. The van der Waals surface area contributed by atoms with Crippen molar-refractivity contribution in [3.05, 3.63) is 182 Å². The highest BCUT2D eigenvalue weighted by atomic mass is 15.0. The summed E-state index contributed by atoms with van der Waals surface area (Å²) >= 11 is 0. The van der Waals surface area contributed by atoms with E-state index in [0.29, 0.717) is 28.5 Å². The fourth-order valence-corrected chi connectivity index (χ4v) is 6.09. The molecule has 0 saturated carbocycles. The second kappa shape index (κ2) is 12.2. The van der Waals surface area contributed by atoms with E-state index in [1.165, 1.54) is 0 Å². The second-order valence-corrected chi connectivity index (χ2v) is 11.6. The van der Waals surface area contributed by atoms with E-state index >= 15 is 0 Å². The molecule has 230 valence electrons. The van der Waals surface area contributed by atoms with Crippen LogP contribution in [-0.2, 0) is 0 Å². The number of fused-ring (bicyclic) bond motifs is 3. The van der Waals surface area contributed by atoms with Crippen LogP contribution in [0.4, 0.5) is 0 Å². The summed E-state index contributed by atoms with van der Waals surface area (Å²) in [6, 6.07) is 42.1. The highest BCUT2D eigenvalue weighted by Gasteiger charge is 2.17. The quantitative estimate of drug-likeness (QED) is 0.183. The maximum atomic E-state index is 9.69. The Kier molecular flexibility index (Phi) is 5.47. The summed E-state index contributed by atoms with van der Waals surface area (Å²) in [5.41, 5.74) is 6.19. The Bertz CT molecular complexity index is 2850. The first-order valence-electron chi connectivity index (χ1n) is 19.4. The fraction of sp³-hybridized carbons (Fsp3) is 0. The van der Waals surface area contributed by atoms with Gasteiger partial charge in [0.25, 0.3) is 0 Å². The summed E-state index contributed by atoms with van der Waals surface area (Å²) in [6.07, 6.45) is 0. The first-order chi connectivity index (χ1) is 27.2. The monoisotopic (exact) mass is 633 g/mol. The molecule has 0 aliphatic carbocycles. The van der Waals surface area contributed by atoms with Gasteiger partial charge in [-0.3, -0.25) is 0 Å². The van der Waals surface area contributed by atoms with Crippen molar-refractivity contribution in [3.63, 3.8) is 0 Å². The van der Waals surface area contributed by atoms with E-state index in [0.717, 1.165) is 22.3 Å². The fourth-order valence-electron chi connectivity index (χ4n) is 6.09. The van der Waals surface area contributed by atoms with Crippen molar-refractivity contribution >= 4 is 21.8 Å². The normalized spacial score (nSPS) is 13.3. The van der Waals surface area contributed by atoms with Crippen molar-refractivity contribution in [2.75, 3.05) is 0 Å². The van der Waals surface area contributed by atoms with Crippen LogP contribution in [0.5, 0.6) is 0 Å². The molecule has 2 aromatic heterocycles. The highest BCUT2D eigenvalue weighted by Crippen LogP contribution is 2.35. The molecular weight excluding hydrogens is 597 g/mol. The molecule has 7 aromatic carbocycles. The standard InChI is InChI=1S/C45H30N4/c1-4-12-31(13-5-1)33-20-24-35(25-21-33)43-46-44(36-26-22-34(23-27-36)32-14-6-2-7-15-32)48-45(47-43)37-28-29-42-40(30-37)39-18-10-11-19-41(39)49(42)38-16-8-3-9-17-38/h1-30H/i10D,11D,18D,19D,28D,29D,30D. The Morgan fingerprint density at radius 3 is 1.35 bits per heavy atom. The van der Waals surface area contributed by atoms with Crippen LogP contribution >= 0.6 is 0 Å². The molecule has 2 heterocycles. The average molecular weight is 634 g/mol. The van der Waals surface area contributed by atoms with Crippen LogP contribution in [-0.4, -0.2) is 19.5 Å². The molecular formula is C45H30N4. The molecule has 0 aliphatic rings. The van der Waals surface area contributed by atoms with Gasteiger partial charge in [-0.05, 0) is 58.6 Å². The van der Waals surface area contributed by atoms with E-state index in [4.69, 9.17) is 20.4 Å². The van der Waals surface area contributed by atoms with Crippen LogP contribution in [0.1, 0.15) is 9.60 Å². The smallest absolute Gasteiger partial charge is 0.164 e. The van der Waals surface area contributed by atoms with Crippen molar-refractivity contribution in [2.24, 2.45) is 0 Å². The van der Waals surface area contributed by atoms with E-state index in [1.807, 2.05) is 115 Å². The number of benzene rings is 7. The molecule has 4 nitrogen and oxygen atoms in total. The van der Waals surface area contributed by atoms with E-state index < -0.39 is 12.1 Å². The summed E-state index contributed by atoms with van der Waals surface area (Å²) in [4.78, 5) is 14.6. The van der Waals surface area contributed by atoms with Gasteiger partial charge in [-0.2, -0.15) is 0 Å². The van der Waals surface area contributed by atoms with E-state index in [2.05, 4.69) is 0 Å². The van der Waals surface area contributed by atoms with E-state index in [-0.39, 0.29) is 63.4 Å². The van der Waals surface area contributed by atoms with Gasteiger partial charge in [0.2, 0.25) is 0 Å². The first kappa shape index (κ1) is 22.0. The van der Waals surface area contributed by atoms with Gasteiger partial charge in [0, 0.05) is 33.2 Å². The lowest BCUT2D eigenvalue weighted by molar-refractivity contribution is 1.07. The Hall–Kier alpha value is -6.65. The Morgan fingerprint density at radius 2 is 0.796 bits per heavy atom. The minimum Gasteiger partial charge on any atom is -0.309 e. The number of hydrogen-bond acceptors (Lipinski definition) is 3. The van der Waals surface area contributed by atoms with Crippen molar-refractivity contribution in [1.29, 1.82) is 0 Å². The molecule has 0 spiro atoms. The van der Waals surface area contributed by atoms with Crippen LogP contribution < -0.4 is 0 Å². The molecule has 0 radical (unpaired) electrons. The van der Waals surface area contributed by atoms with Crippen LogP contribution in [0.3, 0.4) is 0 Å². The summed E-state index contributed by atoms with van der Waals surface area (Å²) < 4.78 is 65.0. The van der Waals surface area contributed by atoms with Gasteiger partial charge in [-0.15, -0.1) is 0 Å². The highest BCUT2D eigenvalue weighted by molar-refractivity contribution is 6.10. The van der Waals surface area contributed by atoms with Crippen LogP contribution in [0.15, 0.2) is 182 Å². The van der Waals surface area contributed by atoms with Gasteiger partial charge in [-0.1, -0.05) is 146 Å². The Labute approximate surface area is 294 Å². The molecule has 0 amide bonds. The Morgan fingerprint density at radius 1 is 0.367 bits per heavy atom. The predicted octanol–water partition coefficient (Wildman–Crippen LogP) is 11.3. The molecule has 9 rings (SSSR count). The van der Waals surface area contributed by atoms with Gasteiger partial charge in [-0.25, -0.2) is 15.0 Å². The Balaban J connectivity index is 1.31. The molecule has 0 N–H and O–H groups in total. The third kappa shape index (κ3) is 5.35.